The number of halogens is 1. The van der Waals surface area contributed by atoms with Crippen LogP contribution in [0.15, 0.2) is 48.8 Å². The van der Waals surface area contributed by atoms with Gasteiger partial charge in [-0.05, 0) is 30.7 Å². The Morgan fingerprint density at radius 3 is 2.81 bits per heavy atom. The maximum Gasteiger partial charge on any atom is 0.138 e. The fourth-order valence-electron chi connectivity index (χ4n) is 1.87. The number of benzene rings is 1. The lowest BCUT2D eigenvalue weighted by Gasteiger charge is -2.18. The van der Waals surface area contributed by atoms with Crippen molar-refractivity contribution in [2.75, 3.05) is 13.2 Å². The van der Waals surface area contributed by atoms with Crippen LogP contribution in [0, 0.1) is 0 Å². The van der Waals surface area contributed by atoms with Crippen molar-refractivity contribution < 1.29 is 9.84 Å². The largest absolute Gasteiger partial charge is 0.489 e. The van der Waals surface area contributed by atoms with Crippen LogP contribution in [0.1, 0.15) is 18.5 Å². The summed E-state index contributed by atoms with van der Waals surface area (Å²) in [4.78, 5) is 4.08. The van der Waals surface area contributed by atoms with Gasteiger partial charge in [-0.3, -0.25) is 4.98 Å². The second-order valence-electron chi connectivity index (χ2n) is 4.81. The summed E-state index contributed by atoms with van der Waals surface area (Å²) in [7, 11) is 0. The molecule has 5 heteroatoms. The van der Waals surface area contributed by atoms with Gasteiger partial charge in [0.2, 0.25) is 0 Å². The highest BCUT2D eigenvalue weighted by Gasteiger charge is 2.10. The molecule has 0 fully saturated rings. The van der Waals surface area contributed by atoms with E-state index in [9.17, 15) is 5.11 Å². The number of para-hydroxylation sites is 1. The SMILES string of the molecule is C[C@H](NCC(O)COc1ccccc1Cl)c1cccnc1. The molecule has 21 heavy (non-hydrogen) atoms. The normalized spacial score (nSPS) is 13.7. The molecular weight excluding hydrogens is 288 g/mol. The molecule has 2 rings (SSSR count). The second kappa shape index (κ2) is 7.98. The molecule has 1 unspecified atom stereocenters. The zero-order valence-corrected chi connectivity index (χ0v) is 12.6. The molecule has 0 bridgehead atoms. The molecule has 0 aliphatic carbocycles. The number of pyridine rings is 1. The van der Waals surface area contributed by atoms with Crippen molar-refractivity contribution in [1.82, 2.24) is 10.3 Å². The molecule has 0 aliphatic heterocycles. The van der Waals surface area contributed by atoms with Crippen LogP contribution in [0.2, 0.25) is 5.02 Å². The zero-order chi connectivity index (χ0) is 15.1. The topological polar surface area (TPSA) is 54.4 Å². The molecule has 2 N–H and O–H groups in total. The first kappa shape index (κ1) is 15.8. The van der Waals surface area contributed by atoms with Gasteiger partial charge in [-0.1, -0.05) is 29.8 Å². The third kappa shape index (κ3) is 5.01. The lowest BCUT2D eigenvalue weighted by atomic mass is 10.1. The molecule has 4 nitrogen and oxygen atoms in total. The van der Waals surface area contributed by atoms with E-state index in [-0.39, 0.29) is 12.6 Å². The summed E-state index contributed by atoms with van der Waals surface area (Å²) in [5.41, 5.74) is 1.08. The van der Waals surface area contributed by atoms with Crippen molar-refractivity contribution in [2.45, 2.75) is 19.1 Å². The Kier molecular flexibility index (Phi) is 5.99. The van der Waals surface area contributed by atoms with Gasteiger partial charge in [0.15, 0.2) is 0 Å². The van der Waals surface area contributed by atoms with Crippen LogP contribution in [0.4, 0.5) is 0 Å². The third-order valence-electron chi connectivity index (χ3n) is 3.11. The molecule has 1 aromatic heterocycles. The standard InChI is InChI=1S/C16H19ClN2O2/c1-12(13-5-4-8-18-9-13)19-10-14(20)11-21-16-7-3-2-6-15(16)17/h2-9,12,14,19-20H,10-11H2,1H3/t12-,14?/m0/s1. The lowest BCUT2D eigenvalue weighted by Crippen LogP contribution is -2.33. The van der Waals surface area contributed by atoms with E-state index in [1.165, 1.54) is 0 Å². The number of nitrogens with one attached hydrogen (secondary N) is 1. The number of ether oxygens (including phenoxy) is 1. The van der Waals surface area contributed by atoms with Crippen molar-refractivity contribution in [1.29, 1.82) is 0 Å². The van der Waals surface area contributed by atoms with Crippen molar-refractivity contribution in [3.8, 4) is 5.75 Å². The predicted molar refractivity (Wildman–Crippen MR) is 83.6 cm³/mol. The molecule has 1 aromatic carbocycles. The summed E-state index contributed by atoms with van der Waals surface area (Å²) in [6.45, 7) is 2.65. The summed E-state index contributed by atoms with van der Waals surface area (Å²) in [5, 5.41) is 13.7. The van der Waals surface area contributed by atoms with Crippen molar-refractivity contribution in [3.05, 3.63) is 59.4 Å². The molecule has 0 radical (unpaired) electrons. The molecule has 0 aliphatic rings. The Labute approximate surface area is 129 Å². The van der Waals surface area contributed by atoms with Crippen LogP contribution in [-0.4, -0.2) is 29.3 Å². The minimum atomic E-state index is -0.611. The first-order chi connectivity index (χ1) is 10.2. The van der Waals surface area contributed by atoms with E-state index >= 15 is 0 Å². The number of hydrogen-bond donors (Lipinski definition) is 2. The summed E-state index contributed by atoms with van der Waals surface area (Å²) < 4.78 is 5.50. The Morgan fingerprint density at radius 1 is 1.29 bits per heavy atom. The average molecular weight is 307 g/mol. The molecule has 0 spiro atoms. The van der Waals surface area contributed by atoms with Gasteiger partial charge < -0.3 is 15.2 Å². The smallest absolute Gasteiger partial charge is 0.138 e. The highest BCUT2D eigenvalue weighted by molar-refractivity contribution is 6.32. The number of aliphatic hydroxyl groups is 1. The number of nitrogens with zero attached hydrogens (tertiary/aromatic N) is 1. The van der Waals surface area contributed by atoms with Gasteiger partial charge in [-0.15, -0.1) is 0 Å². The summed E-state index contributed by atoms with van der Waals surface area (Å²) in [6.07, 6.45) is 2.94. The van der Waals surface area contributed by atoms with E-state index in [1.54, 1.807) is 18.3 Å². The fourth-order valence-corrected chi connectivity index (χ4v) is 2.06. The molecule has 0 saturated heterocycles. The first-order valence-electron chi connectivity index (χ1n) is 6.85. The van der Waals surface area contributed by atoms with Crippen molar-refractivity contribution in [3.63, 3.8) is 0 Å². The van der Waals surface area contributed by atoms with Crippen LogP contribution in [0.5, 0.6) is 5.75 Å². The highest BCUT2D eigenvalue weighted by Crippen LogP contribution is 2.23. The second-order valence-corrected chi connectivity index (χ2v) is 5.22. The van der Waals surface area contributed by atoms with Crippen LogP contribution in [0.3, 0.4) is 0 Å². The molecule has 112 valence electrons. The Hall–Kier alpha value is -1.62. The Bertz CT molecular complexity index is 551. The van der Waals surface area contributed by atoms with Crippen LogP contribution < -0.4 is 10.1 Å². The van der Waals surface area contributed by atoms with Gasteiger partial charge >= 0.3 is 0 Å². The Morgan fingerprint density at radius 2 is 2.10 bits per heavy atom. The monoisotopic (exact) mass is 306 g/mol. The van der Waals surface area contributed by atoms with Crippen LogP contribution in [0.25, 0.3) is 0 Å². The van der Waals surface area contributed by atoms with Gasteiger partial charge in [0.25, 0.3) is 0 Å². The number of aliphatic hydroxyl groups excluding tert-OH is 1. The van der Waals surface area contributed by atoms with E-state index in [0.717, 1.165) is 5.56 Å². The lowest BCUT2D eigenvalue weighted by molar-refractivity contribution is 0.104. The quantitative estimate of drug-likeness (QED) is 0.826. The molecule has 0 amide bonds. The summed E-state index contributed by atoms with van der Waals surface area (Å²) in [6, 6.07) is 11.2. The number of aromatic nitrogens is 1. The van der Waals surface area contributed by atoms with Crippen molar-refractivity contribution >= 4 is 11.6 Å². The van der Waals surface area contributed by atoms with E-state index in [0.29, 0.717) is 17.3 Å². The molecule has 1 heterocycles. The maximum atomic E-state index is 9.95. The molecule has 0 saturated carbocycles. The van der Waals surface area contributed by atoms with Crippen molar-refractivity contribution in [2.24, 2.45) is 0 Å². The van der Waals surface area contributed by atoms with Crippen LogP contribution >= 0.6 is 11.6 Å². The van der Waals surface area contributed by atoms with E-state index in [1.807, 2.05) is 37.4 Å². The summed E-state index contributed by atoms with van der Waals surface area (Å²) >= 11 is 5.99. The van der Waals surface area contributed by atoms with Gasteiger partial charge in [-0.2, -0.15) is 0 Å². The minimum absolute atomic E-state index is 0.119. The summed E-state index contributed by atoms with van der Waals surface area (Å²) in [5.74, 6) is 0.582. The minimum Gasteiger partial charge on any atom is -0.489 e. The number of rotatable bonds is 7. The molecule has 2 aromatic rings. The van der Waals surface area contributed by atoms with Crippen LogP contribution in [-0.2, 0) is 0 Å². The number of hydrogen-bond acceptors (Lipinski definition) is 4. The fraction of sp³-hybridized carbons (Fsp3) is 0.312. The van der Waals surface area contributed by atoms with Gasteiger partial charge in [0.05, 0.1) is 5.02 Å². The van der Waals surface area contributed by atoms with Gasteiger partial charge in [0.1, 0.15) is 18.5 Å². The third-order valence-corrected chi connectivity index (χ3v) is 3.42. The van der Waals surface area contributed by atoms with E-state index < -0.39 is 6.10 Å². The maximum absolute atomic E-state index is 9.95. The average Bonchev–Trinajstić information content (AvgIpc) is 2.52. The highest BCUT2D eigenvalue weighted by atomic mass is 35.5. The van der Waals surface area contributed by atoms with Gasteiger partial charge in [0, 0.05) is 25.0 Å². The molecule has 2 atom stereocenters. The first-order valence-corrected chi connectivity index (χ1v) is 7.23. The predicted octanol–water partition coefficient (Wildman–Crippen LogP) is 2.83. The Balaban J connectivity index is 1.75. The van der Waals surface area contributed by atoms with Gasteiger partial charge in [-0.25, -0.2) is 0 Å². The van der Waals surface area contributed by atoms with E-state index in [2.05, 4.69) is 10.3 Å². The zero-order valence-electron chi connectivity index (χ0n) is 11.9. The van der Waals surface area contributed by atoms with E-state index in [4.69, 9.17) is 16.3 Å². The molecular formula is C16H19ClN2O2.